The topological polar surface area (TPSA) is 75.7 Å². The zero-order valence-electron chi connectivity index (χ0n) is 15.3. The molecular weight excluding hydrogens is 416 g/mol. The van der Waals surface area contributed by atoms with Gasteiger partial charge in [0.25, 0.3) is 10.0 Å². The van der Waals surface area contributed by atoms with Gasteiger partial charge in [0.2, 0.25) is 5.91 Å². The predicted molar refractivity (Wildman–Crippen MR) is 110 cm³/mol. The minimum Gasteiger partial charge on any atom is -0.379 e. The Morgan fingerprint density at radius 3 is 2.79 bits per heavy atom. The van der Waals surface area contributed by atoms with Gasteiger partial charge in [0, 0.05) is 28.6 Å². The second-order valence-electron chi connectivity index (χ2n) is 6.71. The lowest BCUT2D eigenvalue weighted by atomic mass is 10.0. The Kier molecular flexibility index (Phi) is 6.07. The summed E-state index contributed by atoms with van der Waals surface area (Å²) >= 11 is 2.99. The molecule has 28 heavy (non-hydrogen) atoms. The van der Waals surface area contributed by atoms with Gasteiger partial charge in [-0.25, -0.2) is 8.42 Å². The van der Waals surface area contributed by atoms with Crippen molar-refractivity contribution in [2.45, 2.75) is 28.0 Å². The van der Waals surface area contributed by atoms with E-state index in [1.54, 1.807) is 12.1 Å². The maximum atomic E-state index is 12.7. The van der Waals surface area contributed by atoms with Gasteiger partial charge < -0.3 is 10.1 Å². The highest BCUT2D eigenvalue weighted by atomic mass is 32.2. The van der Waals surface area contributed by atoms with E-state index in [4.69, 9.17) is 4.74 Å². The van der Waals surface area contributed by atoms with E-state index in [1.807, 2.05) is 23.9 Å². The Hall–Kier alpha value is -1.39. The van der Waals surface area contributed by atoms with Crippen molar-refractivity contribution in [2.24, 2.45) is 0 Å². The number of hydrogen-bond acceptors (Lipinski definition) is 6. The fourth-order valence-corrected chi connectivity index (χ4v) is 7.44. The number of benzene rings is 1. The van der Waals surface area contributed by atoms with Crippen LogP contribution in [-0.2, 0) is 26.0 Å². The number of amides is 1. The Bertz CT molecular complexity index is 952. The first-order chi connectivity index (χ1) is 13.5. The van der Waals surface area contributed by atoms with Gasteiger partial charge in [0.1, 0.15) is 4.21 Å². The lowest BCUT2D eigenvalue weighted by Gasteiger charge is -2.25. The molecule has 1 saturated heterocycles. The molecule has 1 atom stereocenters. The summed E-state index contributed by atoms with van der Waals surface area (Å²) in [5.41, 5.74) is 1.16. The molecule has 3 heterocycles. The number of rotatable bonds is 5. The van der Waals surface area contributed by atoms with Crippen molar-refractivity contribution < 1.29 is 17.9 Å². The highest BCUT2D eigenvalue weighted by Gasteiger charge is 2.28. The van der Waals surface area contributed by atoms with Crippen molar-refractivity contribution >= 4 is 39.0 Å². The first-order valence-corrected chi connectivity index (χ1v) is 12.5. The van der Waals surface area contributed by atoms with Crippen LogP contribution in [0.15, 0.2) is 45.5 Å². The highest BCUT2D eigenvalue weighted by Crippen LogP contribution is 2.36. The number of nitrogens with one attached hydrogen (secondary N) is 1. The minimum absolute atomic E-state index is 0.0152. The van der Waals surface area contributed by atoms with Crippen LogP contribution in [0.4, 0.5) is 0 Å². The number of ether oxygens (including phenoxy) is 1. The van der Waals surface area contributed by atoms with Crippen molar-refractivity contribution in [3.8, 4) is 0 Å². The Balaban J connectivity index is 1.41. The molecule has 1 N–H and O–H groups in total. The molecule has 0 aliphatic carbocycles. The number of nitrogens with zero attached hydrogens (tertiary/aromatic N) is 1. The SMILES string of the molecule is O=C(Cc1ccc(S(=O)(=O)N2CCOCC2)s1)N[C@H]1CCSc2ccccc21. The molecule has 1 aromatic carbocycles. The molecule has 2 aromatic rings. The summed E-state index contributed by atoms with van der Waals surface area (Å²) in [4.78, 5) is 14.5. The zero-order valence-corrected chi connectivity index (χ0v) is 17.7. The summed E-state index contributed by atoms with van der Waals surface area (Å²) in [5, 5.41) is 3.11. The van der Waals surface area contributed by atoms with Gasteiger partial charge >= 0.3 is 0 Å². The molecule has 1 aromatic heterocycles. The molecule has 0 saturated carbocycles. The summed E-state index contributed by atoms with van der Waals surface area (Å²) < 4.78 is 32.4. The number of fused-ring (bicyclic) bond motifs is 1. The van der Waals surface area contributed by atoms with Crippen LogP contribution in [-0.4, -0.2) is 50.7 Å². The standard InChI is InChI=1S/C19H22N2O4S3/c22-18(20-16-7-12-26-17-4-2-1-3-15(16)17)13-14-5-6-19(27-14)28(23,24)21-8-10-25-11-9-21/h1-6,16H,7-13H2,(H,20,22)/t16-/m0/s1. The van der Waals surface area contributed by atoms with Gasteiger partial charge in [0.05, 0.1) is 25.7 Å². The first-order valence-electron chi connectivity index (χ1n) is 9.22. The number of morpholine rings is 1. The lowest BCUT2D eigenvalue weighted by molar-refractivity contribution is -0.121. The average molecular weight is 439 g/mol. The van der Waals surface area contributed by atoms with E-state index in [-0.39, 0.29) is 22.6 Å². The van der Waals surface area contributed by atoms with Gasteiger partial charge in [-0.3, -0.25) is 4.79 Å². The molecule has 9 heteroatoms. The minimum atomic E-state index is -3.51. The van der Waals surface area contributed by atoms with E-state index in [9.17, 15) is 13.2 Å². The fraction of sp³-hybridized carbons (Fsp3) is 0.421. The van der Waals surface area contributed by atoms with Crippen LogP contribution in [0.25, 0.3) is 0 Å². The molecule has 4 rings (SSSR count). The smallest absolute Gasteiger partial charge is 0.252 e. The van der Waals surface area contributed by atoms with Crippen molar-refractivity contribution in [3.05, 3.63) is 46.8 Å². The predicted octanol–water partition coefficient (Wildman–Crippen LogP) is 2.66. The number of thiophene rings is 1. The van der Waals surface area contributed by atoms with Gasteiger partial charge in [0.15, 0.2) is 0 Å². The molecule has 0 unspecified atom stereocenters. The normalized spacial score (nSPS) is 20.5. The van der Waals surface area contributed by atoms with Crippen LogP contribution in [0.5, 0.6) is 0 Å². The Morgan fingerprint density at radius 1 is 1.18 bits per heavy atom. The van der Waals surface area contributed by atoms with Crippen LogP contribution in [0, 0.1) is 0 Å². The van der Waals surface area contributed by atoms with Crippen LogP contribution in [0.1, 0.15) is 22.9 Å². The average Bonchev–Trinajstić information content (AvgIpc) is 3.18. The van der Waals surface area contributed by atoms with E-state index in [2.05, 4.69) is 17.4 Å². The van der Waals surface area contributed by atoms with Crippen LogP contribution >= 0.6 is 23.1 Å². The molecule has 6 nitrogen and oxygen atoms in total. The van der Waals surface area contributed by atoms with Crippen LogP contribution in [0.3, 0.4) is 0 Å². The summed E-state index contributed by atoms with van der Waals surface area (Å²) in [6, 6.07) is 11.5. The van der Waals surface area contributed by atoms with Crippen molar-refractivity contribution in [2.75, 3.05) is 32.1 Å². The summed E-state index contributed by atoms with van der Waals surface area (Å²) in [6.07, 6.45) is 1.09. The third kappa shape index (κ3) is 4.28. The van der Waals surface area contributed by atoms with E-state index < -0.39 is 10.0 Å². The highest BCUT2D eigenvalue weighted by molar-refractivity contribution is 7.99. The molecule has 0 spiro atoms. The number of carbonyl (C=O) groups excluding carboxylic acids is 1. The second kappa shape index (κ2) is 8.54. The molecule has 0 radical (unpaired) electrons. The van der Waals surface area contributed by atoms with E-state index in [1.165, 1.54) is 20.5 Å². The van der Waals surface area contributed by atoms with Crippen molar-refractivity contribution in [1.29, 1.82) is 0 Å². The third-order valence-corrected chi connectivity index (χ3v) is 9.40. The number of thioether (sulfide) groups is 1. The number of carbonyl (C=O) groups is 1. The van der Waals surface area contributed by atoms with E-state index in [0.29, 0.717) is 26.3 Å². The summed E-state index contributed by atoms with van der Waals surface area (Å²) in [5.74, 6) is 0.895. The number of hydrogen-bond donors (Lipinski definition) is 1. The lowest BCUT2D eigenvalue weighted by Crippen LogP contribution is -2.40. The van der Waals surface area contributed by atoms with Gasteiger partial charge in [-0.2, -0.15) is 4.31 Å². The van der Waals surface area contributed by atoms with Gasteiger partial charge in [-0.1, -0.05) is 18.2 Å². The second-order valence-corrected chi connectivity index (χ2v) is 11.2. The maximum absolute atomic E-state index is 12.7. The Labute approximate surface area is 173 Å². The van der Waals surface area contributed by atoms with Gasteiger partial charge in [-0.05, 0) is 30.2 Å². The molecule has 150 valence electrons. The fourth-order valence-electron chi connectivity index (χ4n) is 3.40. The molecule has 1 amide bonds. The van der Waals surface area contributed by atoms with Crippen LogP contribution in [0.2, 0.25) is 0 Å². The molecule has 0 bridgehead atoms. The molecular formula is C19H22N2O4S3. The largest absolute Gasteiger partial charge is 0.379 e. The van der Waals surface area contributed by atoms with E-state index in [0.717, 1.165) is 22.6 Å². The summed E-state index contributed by atoms with van der Waals surface area (Å²) in [7, 11) is -3.51. The number of sulfonamides is 1. The quantitative estimate of drug-likeness (QED) is 0.777. The van der Waals surface area contributed by atoms with E-state index >= 15 is 0 Å². The summed E-state index contributed by atoms with van der Waals surface area (Å²) in [6.45, 7) is 1.58. The van der Waals surface area contributed by atoms with Crippen LogP contribution < -0.4 is 5.32 Å². The third-order valence-electron chi connectivity index (χ3n) is 4.83. The van der Waals surface area contributed by atoms with Gasteiger partial charge in [-0.15, -0.1) is 23.1 Å². The van der Waals surface area contributed by atoms with Crippen molar-refractivity contribution in [1.82, 2.24) is 9.62 Å². The first kappa shape index (κ1) is 19.9. The Morgan fingerprint density at radius 2 is 1.96 bits per heavy atom. The molecule has 2 aliphatic heterocycles. The maximum Gasteiger partial charge on any atom is 0.252 e. The zero-order chi connectivity index (χ0) is 19.6. The van der Waals surface area contributed by atoms with Crippen molar-refractivity contribution in [3.63, 3.8) is 0 Å². The molecule has 1 fully saturated rings. The monoisotopic (exact) mass is 438 g/mol. The molecule has 2 aliphatic rings.